The number of benzene rings is 1. The van der Waals surface area contributed by atoms with Gasteiger partial charge in [0.25, 0.3) is 0 Å². The highest BCUT2D eigenvalue weighted by molar-refractivity contribution is 5.74. The topological polar surface area (TPSA) is 52.6 Å². The Morgan fingerprint density at radius 2 is 1.94 bits per heavy atom. The van der Waals surface area contributed by atoms with Gasteiger partial charge in [0.15, 0.2) is 0 Å². The van der Waals surface area contributed by atoms with E-state index in [0.717, 1.165) is 31.5 Å². The third-order valence-electron chi connectivity index (χ3n) is 3.27. The lowest BCUT2D eigenvalue weighted by atomic mass is 10.1. The minimum atomic E-state index is -0.208. The third-order valence-corrected chi connectivity index (χ3v) is 3.27. The van der Waals surface area contributed by atoms with E-state index in [9.17, 15) is 9.90 Å². The summed E-state index contributed by atoms with van der Waals surface area (Å²) in [7, 11) is 0. The van der Waals surface area contributed by atoms with Gasteiger partial charge in [-0.15, -0.1) is 0 Å². The highest BCUT2D eigenvalue weighted by Gasteiger charge is 2.20. The minimum absolute atomic E-state index is 0.0333. The monoisotopic (exact) mass is 248 g/mol. The summed E-state index contributed by atoms with van der Waals surface area (Å²) in [6, 6.07) is 9.64. The lowest BCUT2D eigenvalue weighted by molar-refractivity contribution is 0.190. The second-order valence-electron chi connectivity index (χ2n) is 4.71. The predicted molar refractivity (Wildman–Crippen MR) is 70.4 cm³/mol. The van der Waals surface area contributed by atoms with E-state index < -0.39 is 0 Å². The van der Waals surface area contributed by atoms with E-state index in [1.807, 2.05) is 35.2 Å². The first-order chi connectivity index (χ1) is 8.79. The summed E-state index contributed by atoms with van der Waals surface area (Å²) in [5.41, 5.74) is 1.12. The van der Waals surface area contributed by atoms with Gasteiger partial charge in [-0.05, 0) is 24.8 Å². The fourth-order valence-corrected chi connectivity index (χ4v) is 2.25. The second kappa shape index (κ2) is 6.40. The first kappa shape index (κ1) is 12.9. The fraction of sp³-hybridized carbons (Fsp3) is 0.500. The molecule has 4 heteroatoms. The van der Waals surface area contributed by atoms with Crippen LogP contribution in [-0.4, -0.2) is 41.8 Å². The molecule has 98 valence electrons. The Balaban J connectivity index is 1.87. The molecule has 1 aromatic rings. The molecule has 4 nitrogen and oxygen atoms in total. The maximum Gasteiger partial charge on any atom is 0.317 e. The number of aliphatic hydroxyl groups is 1. The van der Waals surface area contributed by atoms with Gasteiger partial charge in [0.05, 0.1) is 12.6 Å². The highest BCUT2D eigenvalue weighted by atomic mass is 16.3. The number of hydrogen-bond acceptors (Lipinski definition) is 2. The second-order valence-corrected chi connectivity index (χ2v) is 4.71. The largest absolute Gasteiger partial charge is 0.394 e. The number of carbonyl (C=O) groups is 1. The number of urea groups is 1. The van der Waals surface area contributed by atoms with Crippen LogP contribution in [0.1, 0.15) is 18.4 Å². The van der Waals surface area contributed by atoms with Crippen molar-refractivity contribution in [3.8, 4) is 0 Å². The summed E-state index contributed by atoms with van der Waals surface area (Å²) in [5.74, 6) is 0. The summed E-state index contributed by atoms with van der Waals surface area (Å²) in [5, 5.41) is 12.2. The average Bonchev–Trinajstić information content (AvgIpc) is 2.93. The average molecular weight is 248 g/mol. The van der Waals surface area contributed by atoms with Crippen molar-refractivity contribution >= 4 is 6.03 Å². The van der Waals surface area contributed by atoms with Gasteiger partial charge in [-0.3, -0.25) is 0 Å². The number of nitrogens with zero attached hydrogens (tertiary/aromatic N) is 1. The van der Waals surface area contributed by atoms with Gasteiger partial charge in [0.1, 0.15) is 0 Å². The molecule has 2 amide bonds. The van der Waals surface area contributed by atoms with Crippen LogP contribution in [0.15, 0.2) is 30.3 Å². The van der Waals surface area contributed by atoms with Crippen molar-refractivity contribution in [3.63, 3.8) is 0 Å². The van der Waals surface area contributed by atoms with Crippen LogP contribution in [0.4, 0.5) is 4.79 Å². The fourth-order valence-electron chi connectivity index (χ4n) is 2.25. The molecular weight excluding hydrogens is 228 g/mol. The van der Waals surface area contributed by atoms with Crippen LogP contribution in [0.2, 0.25) is 0 Å². The maximum absolute atomic E-state index is 11.9. The summed E-state index contributed by atoms with van der Waals surface area (Å²) in [4.78, 5) is 13.7. The molecule has 0 bridgehead atoms. The number of hydrogen-bond donors (Lipinski definition) is 2. The molecule has 0 radical (unpaired) electrons. The molecule has 18 heavy (non-hydrogen) atoms. The molecule has 1 fully saturated rings. The molecule has 1 aliphatic heterocycles. The van der Waals surface area contributed by atoms with Crippen molar-refractivity contribution in [2.45, 2.75) is 25.3 Å². The number of aliphatic hydroxyl groups excluding tert-OH is 1. The van der Waals surface area contributed by atoms with Crippen molar-refractivity contribution in [3.05, 3.63) is 35.9 Å². The Labute approximate surface area is 108 Å². The molecule has 2 rings (SSSR count). The van der Waals surface area contributed by atoms with Crippen LogP contribution in [0.3, 0.4) is 0 Å². The molecule has 0 unspecified atom stereocenters. The van der Waals surface area contributed by atoms with Crippen LogP contribution in [-0.2, 0) is 6.42 Å². The van der Waals surface area contributed by atoms with Gasteiger partial charge in [0, 0.05) is 13.1 Å². The van der Waals surface area contributed by atoms with Gasteiger partial charge >= 0.3 is 6.03 Å². The Morgan fingerprint density at radius 1 is 1.28 bits per heavy atom. The molecule has 1 saturated heterocycles. The summed E-state index contributed by atoms with van der Waals surface area (Å²) in [6.45, 7) is 1.62. The molecule has 0 aliphatic carbocycles. The Kier molecular flexibility index (Phi) is 4.59. The van der Waals surface area contributed by atoms with Crippen LogP contribution < -0.4 is 5.32 Å². The van der Waals surface area contributed by atoms with Crippen molar-refractivity contribution in [1.82, 2.24) is 10.2 Å². The number of nitrogens with one attached hydrogen (secondary N) is 1. The molecule has 1 aliphatic rings. The zero-order valence-corrected chi connectivity index (χ0v) is 10.5. The first-order valence-corrected chi connectivity index (χ1v) is 6.50. The van der Waals surface area contributed by atoms with E-state index in [1.54, 1.807) is 0 Å². The summed E-state index contributed by atoms with van der Waals surface area (Å²) in [6.07, 6.45) is 2.82. The van der Waals surface area contributed by atoms with Crippen molar-refractivity contribution in [2.75, 3.05) is 19.7 Å². The minimum Gasteiger partial charge on any atom is -0.394 e. The van der Waals surface area contributed by atoms with Gasteiger partial charge in [-0.2, -0.15) is 0 Å². The standard InChI is InChI=1S/C14H20N2O2/c17-11-13(10-12-6-2-1-3-7-12)15-14(18)16-8-4-5-9-16/h1-3,6-7,13,17H,4-5,8-11H2,(H,15,18)/t13-/m1/s1. The third kappa shape index (κ3) is 3.47. The summed E-state index contributed by atoms with van der Waals surface area (Å²) >= 11 is 0. The lowest BCUT2D eigenvalue weighted by Crippen LogP contribution is -2.46. The van der Waals surface area contributed by atoms with E-state index in [0.29, 0.717) is 6.42 Å². The number of amides is 2. The Bertz CT molecular complexity index is 375. The number of carbonyl (C=O) groups excluding carboxylic acids is 1. The Morgan fingerprint density at radius 3 is 2.56 bits per heavy atom. The van der Waals surface area contributed by atoms with E-state index >= 15 is 0 Å². The van der Waals surface area contributed by atoms with E-state index in [4.69, 9.17) is 0 Å². The maximum atomic E-state index is 11.9. The van der Waals surface area contributed by atoms with Gasteiger partial charge in [-0.25, -0.2) is 4.79 Å². The molecule has 1 heterocycles. The van der Waals surface area contributed by atoms with Crippen molar-refractivity contribution < 1.29 is 9.90 Å². The normalized spacial score (nSPS) is 16.6. The predicted octanol–water partition coefficient (Wildman–Crippen LogP) is 1.40. The summed E-state index contributed by atoms with van der Waals surface area (Å²) < 4.78 is 0. The van der Waals surface area contributed by atoms with Crippen molar-refractivity contribution in [1.29, 1.82) is 0 Å². The number of likely N-dealkylation sites (tertiary alicyclic amines) is 1. The molecule has 0 aromatic heterocycles. The Hall–Kier alpha value is -1.55. The van der Waals surface area contributed by atoms with Crippen LogP contribution in [0.5, 0.6) is 0 Å². The molecule has 1 atom stereocenters. The zero-order chi connectivity index (χ0) is 12.8. The molecule has 1 aromatic carbocycles. The van der Waals surface area contributed by atoms with Crippen LogP contribution in [0, 0.1) is 0 Å². The smallest absolute Gasteiger partial charge is 0.317 e. The quantitative estimate of drug-likeness (QED) is 0.846. The molecular formula is C14H20N2O2. The molecule has 2 N–H and O–H groups in total. The van der Waals surface area contributed by atoms with Crippen LogP contribution >= 0.6 is 0 Å². The van der Waals surface area contributed by atoms with Gasteiger partial charge < -0.3 is 15.3 Å². The molecule has 0 saturated carbocycles. The van der Waals surface area contributed by atoms with E-state index in [2.05, 4.69) is 5.32 Å². The lowest BCUT2D eigenvalue weighted by Gasteiger charge is -2.21. The van der Waals surface area contributed by atoms with E-state index in [-0.39, 0.29) is 18.7 Å². The van der Waals surface area contributed by atoms with Crippen LogP contribution in [0.25, 0.3) is 0 Å². The number of rotatable bonds is 4. The van der Waals surface area contributed by atoms with E-state index in [1.165, 1.54) is 0 Å². The van der Waals surface area contributed by atoms with Gasteiger partial charge in [0.2, 0.25) is 0 Å². The highest BCUT2D eigenvalue weighted by Crippen LogP contribution is 2.08. The van der Waals surface area contributed by atoms with Crippen molar-refractivity contribution in [2.24, 2.45) is 0 Å². The molecule has 0 spiro atoms. The zero-order valence-electron chi connectivity index (χ0n) is 10.5. The SMILES string of the molecule is O=C(N[C@@H](CO)Cc1ccccc1)N1CCCC1. The van der Waals surface area contributed by atoms with Gasteiger partial charge in [-0.1, -0.05) is 30.3 Å². The first-order valence-electron chi connectivity index (χ1n) is 6.50.